The lowest BCUT2D eigenvalue weighted by molar-refractivity contribution is -0.0987. The first-order chi connectivity index (χ1) is 8.37. The van der Waals surface area contributed by atoms with Crippen molar-refractivity contribution in [2.75, 3.05) is 6.61 Å². The summed E-state index contributed by atoms with van der Waals surface area (Å²) in [6, 6.07) is 1.10. The van der Waals surface area contributed by atoms with E-state index < -0.39 is 41.9 Å². The molecule has 4 N–H and O–H groups in total. The summed E-state index contributed by atoms with van der Waals surface area (Å²) in [7, 11) is 0. The van der Waals surface area contributed by atoms with Gasteiger partial charge in [0, 0.05) is 12.3 Å². The number of ether oxygens (including phenoxy) is 1. The third kappa shape index (κ3) is 1.89. The molecule has 0 aliphatic carbocycles. The highest BCUT2D eigenvalue weighted by molar-refractivity contribution is 5.00. The molecule has 100 valence electrons. The van der Waals surface area contributed by atoms with Gasteiger partial charge in [0.25, 0.3) is 5.56 Å². The van der Waals surface area contributed by atoms with E-state index in [4.69, 9.17) is 9.84 Å². The van der Waals surface area contributed by atoms with E-state index in [-0.39, 0.29) is 0 Å². The number of hydrogen-bond acceptors (Lipinski definition) is 6. The third-order valence-corrected chi connectivity index (χ3v) is 3.04. The van der Waals surface area contributed by atoms with Crippen molar-refractivity contribution in [2.45, 2.75) is 31.0 Å². The molecule has 2 rings (SSSR count). The van der Waals surface area contributed by atoms with Gasteiger partial charge in [-0.2, -0.15) is 0 Å². The average molecular weight is 258 g/mol. The van der Waals surface area contributed by atoms with Gasteiger partial charge in [-0.1, -0.05) is 0 Å². The highest BCUT2D eigenvalue weighted by atomic mass is 16.6. The van der Waals surface area contributed by atoms with Gasteiger partial charge in [-0.15, -0.1) is 0 Å². The van der Waals surface area contributed by atoms with Crippen LogP contribution in [0.4, 0.5) is 0 Å². The molecule has 8 heteroatoms. The molecule has 1 aromatic rings. The SMILES string of the molecule is C[C@]1(O)[C@H](O)C(CO)O[C@H]1n1ccc(=O)[nH]c1=O. The summed E-state index contributed by atoms with van der Waals surface area (Å²) >= 11 is 0. The van der Waals surface area contributed by atoms with Crippen LogP contribution in [0, 0.1) is 0 Å². The second-order valence-corrected chi connectivity index (χ2v) is 4.40. The molecule has 0 aromatic carbocycles. The van der Waals surface area contributed by atoms with Gasteiger partial charge in [-0.25, -0.2) is 4.79 Å². The summed E-state index contributed by atoms with van der Waals surface area (Å²) in [4.78, 5) is 24.5. The van der Waals surface area contributed by atoms with Crippen LogP contribution in [0.3, 0.4) is 0 Å². The molecule has 0 saturated carbocycles. The Labute approximate surface area is 101 Å². The standard InChI is InChI=1S/C10H14N2O6/c1-10(17)7(15)5(4-13)18-8(10)12-3-2-6(14)11-9(12)16/h2-3,5,7-8,13,15,17H,4H2,1H3,(H,11,14,16)/t5?,7-,8-,10+/m1/s1. The predicted octanol–water partition coefficient (Wildman–Crippen LogP) is -2.46. The van der Waals surface area contributed by atoms with Crippen LogP contribution in [0.25, 0.3) is 0 Å². The molecule has 2 heterocycles. The van der Waals surface area contributed by atoms with Gasteiger partial charge < -0.3 is 20.1 Å². The van der Waals surface area contributed by atoms with E-state index in [0.29, 0.717) is 0 Å². The second-order valence-electron chi connectivity index (χ2n) is 4.40. The van der Waals surface area contributed by atoms with Gasteiger partial charge in [0.05, 0.1) is 6.61 Å². The second kappa shape index (κ2) is 4.32. The van der Waals surface area contributed by atoms with Crippen molar-refractivity contribution in [2.24, 2.45) is 0 Å². The Morgan fingerprint density at radius 2 is 2.22 bits per heavy atom. The maximum Gasteiger partial charge on any atom is 0.330 e. The van der Waals surface area contributed by atoms with Crippen molar-refractivity contribution in [3.8, 4) is 0 Å². The zero-order chi connectivity index (χ0) is 13.5. The van der Waals surface area contributed by atoms with E-state index >= 15 is 0 Å². The number of aromatic nitrogens is 2. The summed E-state index contributed by atoms with van der Waals surface area (Å²) < 4.78 is 6.19. The Morgan fingerprint density at radius 1 is 1.56 bits per heavy atom. The van der Waals surface area contributed by atoms with Crippen molar-refractivity contribution in [1.29, 1.82) is 0 Å². The topological polar surface area (TPSA) is 125 Å². The average Bonchev–Trinajstić information content (AvgIpc) is 2.52. The maximum absolute atomic E-state index is 11.6. The molecular formula is C10H14N2O6. The van der Waals surface area contributed by atoms with Crippen LogP contribution in [0.15, 0.2) is 21.9 Å². The Bertz CT molecular complexity index is 548. The minimum atomic E-state index is -1.75. The fraction of sp³-hybridized carbons (Fsp3) is 0.600. The minimum Gasteiger partial charge on any atom is -0.394 e. The Hall–Kier alpha value is -1.48. The van der Waals surface area contributed by atoms with Crippen molar-refractivity contribution in [1.82, 2.24) is 9.55 Å². The quantitative estimate of drug-likeness (QED) is 0.466. The third-order valence-electron chi connectivity index (χ3n) is 3.04. The number of H-pyrrole nitrogens is 1. The van der Waals surface area contributed by atoms with Gasteiger partial charge in [0.1, 0.15) is 17.8 Å². The van der Waals surface area contributed by atoms with Gasteiger partial charge in [0.2, 0.25) is 0 Å². The van der Waals surface area contributed by atoms with Gasteiger partial charge >= 0.3 is 5.69 Å². The molecule has 1 saturated heterocycles. The normalized spacial score (nSPS) is 35.9. The first-order valence-corrected chi connectivity index (χ1v) is 5.36. The van der Waals surface area contributed by atoms with Crippen LogP contribution < -0.4 is 11.2 Å². The zero-order valence-corrected chi connectivity index (χ0v) is 9.61. The number of aliphatic hydroxyl groups is 3. The Morgan fingerprint density at radius 3 is 2.72 bits per heavy atom. The molecule has 4 atom stereocenters. The number of nitrogens with one attached hydrogen (secondary N) is 1. The molecule has 0 bridgehead atoms. The molecule has 0 radical (unpaired) electrons. The van der Waals surface area contributed by atoms with E-state index in [2.05, 4.69) is 0 Å². The largest absolute Gasteiger partial charge is 0.394 e. The van der Waals surface area contributed by atoms with Crippen LogP contribution in [0.1, 0.15) is 13.2 Å². The first kappa shape index (κ1) is 13.0. The van der Waals surface area contributed by atoms with E-state index in [1.54, 1.807) is 0 Å². The lowest BCUT2D eigenvalue weighted by Gasteiger charge is -2.27. The maximum atomic E-state index is 11.6. The lowest BCUT2D eigenvalue weighted by atomic mass is 9.96. The summed E-state index contributed by atoms with van der Waals surface area (Å²) in [6.07, 6.45) is -2.36. The molecule has 1 aliphatic heterocycles. The molecule has 8 nitrogen and oxygen atoms in total. The highest BCUT2D eigenvalue weighted by Crippen LogP contribution is 2.36. The van der Waals surface area contributed by atoms with Gasteiger partial charge in [-0.3, -0.25) is 14.3 Å². The smallest absolute Gasteiger partial charge is 0.330 e. The van der Waals surface area contributed by atoms with Gasteiger partial charge in [-0.05, 0) is 6.92 Å². The van der Waals surface area contributed by atoms with Crippen LogP contribution in [0.2, 0.25) is 0 Å². The van der Waals surface area contributed by atoms with Crippen LogP contribution in [0.5, 0.6) is 0 Å². The summed E-state index contributed by atoms with van der Waals surface area (Å²) in [5.41, 5.74) is -3.10. The minimum absolute atomic E-state index is 0.494. The molecule has 0 spiro atoms. The Balaban J connectivity index is 2.45. The van der Waals surface area contributed by atoms with Crippen molar-refractivity contribution in [3.05, 3.63) is 33.1 Å². The van der Waals surface area contributed by atoms with Crippen molar-refractivity contribution >= 4 is 0 Å². The number of nitrogens with zero attached hydrogens (tertiary/aromatic N) is 1. The van der Waals surface area contributed by atoms with Gasteiger partial charge in [0.15, 0.2) is 6.23 Å². The first-order valence-electron chi connectivity index (χ1n) is 5.36. The zero-order valence-electron chi connectivity index (χ0n) is 9.61. The fourth-order valence-electron chi connectivity index (χ4n) is 2.00. The Kier molecular flexibility index (Phi) is 3.11. The molecule has 0 amide bonds. The summed E-state index contributed by atoms with van der Waals surface area (Å²) in [5, 5.41) is 28.9. The van der Waals surface area contributed by atoms with E-state index in [0.717, 1.165) is 16.8 Å². The molecule has 18 heavy (non-hydrogen) atoms. The summed E-state index contributed by atoms with van der Waals surface area (Å²) in [6.45, 7) is 0.793. The lowest BCUT2D eigenvalue weighted by Crippen LogP contribution is -2.46. The number of hydrogen-bond donors (Lipinski definition) is 4. The van der Waals surface area contributed by atoms with E-state index in [9.17, 15) is 19.8 Å². The van der Waals surface area contributed by atoms with E-state index in [1.807, 2.05) is 4.98 Å². The summed E-state index contributed by atoms with van der Waals surface area (Å²) in [5.74, 6) is 0. The monoisotopic (exact) mass is 258 g/mol. The van der Waals surface area contributed by atoms with Crippen molar-refractivity contribution < 1.29 is 20.1 Å². The molecular weight excluding hydrogens is 244 g/mol. The van der Waals surface area contributed by atoms with Crippen LogP contribution in [-0.4, -0.2) is 49.3 Å². The molecule has 1 aliphatic rings. The van der Waals surface area contributed by atoms with Crippen LogP contribution >= 0.6 is 0 Å². The predicted molar refractivity (Wildman–Crippen MR) is 58.9 cm³/mol. The van der Waals surface area contributed by atoms with E-state index in [1.165, 1.54) is 6.92 Å². The number of aliphatic hydroxyl groups excluding tert-OH is 2. The molecule has 1 fully saturated rings. The number of aromatic amines is 1. The number of rotatable bonds is 2. The van der Waals surface area contributed by atoms with Crippen molar-refractivity contribution in [3.63, 3.8) is 0 Å². The fourth-order valence-corrected chi connectivity index (χ4v) is 2.00. The highest BCUT2D eigenvalue weighted by Gasteiger charge is 2.53. The molecule has 1 aromatic heterocycles. The van der Waals surface area contributed by atoms with Crippen LogP contribution in [-0.2, 0) is 4.74 Å². The molecule has 1 unspecified atom stereocenters.